The van der Waals surface area contributed by atoms with E-state index in [2.05, 4.69) is 22.4 Å². The first-order valence-corrected chi connectivity index (χ1v) is 10.1. The van der Waals surface area contributed by atoms with Gasteiger partial charge in [-0.05, 0) is 18.4 Å². The Labute approximate surface area is 163 Å². The number of rotatable bonds is 5. The number of ether oxygens (including phenoxy) is 1. The largest absolute Gasteiger partial charge is 0.373 e. The average Bonchev–Trinajstić information content (AvgIpc) is 3.24. The van der Waals surface area contributed by atoms with Crippen LogP contribution in [0.5, 0.6) is 0 Å². The summed E-state index contributed by atoms with van der Waals surface area (Å²) < 4.78 is 6.01. The maximum atomic E-state index is 12.6. The third-order valence-corrected chi connectivity index (χ3v) is 5.75. The van der Waals surface area contributed by atoms with Crippen molar-refractivity contribution in [3.63, 3.8) is 0 Å². The van der Waals surface area contributed by atoms with E-state index in [-0.39, 0.29) is 17.9 Å². The predicted molar refractivity (Wildman–Crippen MR) is 108 cm³/mol. The molecule has 1 aliphatic heterocycles. The molecule has 138 valence electrons. The van der Waals surface area contributed by atoms with Gasteiger partial charge >= 0.3 is 0 Å². The van der Waals surface area contributed by atoms with Gasteiger partial charge in [0.2, 0.25) is 0 Å². The van der Waals surface area contributed by atoms with Crippen molar-refractivity contribution in [2.24, 2.45) is 5.92 Å². The number of nitrogens with zero attached hydrogens (tertiary/aromatic N) is 1. The van der Waals surface area contributed by atoms with E-state index in [4.69, 9.17) is 4.74 Å². The Morgan fingerprint density at radius 1 is 1.11 bits per heavy atom. The summed E-state index contributed by atoms with van der Waals surface area (Å²) in [6, 6.07) is 20.2. The van der Waals surface area contributed by atoms with Crippen molar-refractivity contribution in [2.75, 3.05) is 13.2 Å². The van der Waals surface area contributed by atoms with Crippen molar-refractivity contribution in [1.29, 1.82) is 0 Å². The maximum Gasteiger partial charge on any atom is 0.270 e. The molecule has 4 rings (SSSR count). The van der Waals surface area contributed by atoms with Crippen LogP contribution in [0.1, 0.15) is 35.0 Å². The van der Waals surface area contributed by atoms with Gasteiger partial charge in [0.05, 0.1) is 6.10 Å². The SMILES string of the molecule is O=C(NC[C@H]1CCCO[C@H]1c1ccccc1)c1csc(-c2ccccc2)n1. The zero-order valence-corrected chi connectivity index (χ0v) is 15.8. The van der Waals surface area contributed by atoms with Crippen molar-refractivity contribution >= 4 is 17.2 Å². The van der Waals surface area contributed by atoms with Crippen LogP contribution in [0.15, 0.2) is 66.0 Å². The highest BCUT2D eigenvalue weighted by Crippen LogP contribution is 2.33. The molecule has 0 aliphatic carbocycles. The maximum absolute atomic E-state index is 12.6. The zero-order chi connectivity index (χ0) is 18.5. The lowest BCUT2D eigenvalue weighted by atomic mass is 9.89. The first-order valence-electron chi connectivity index (χ1n) is 9.27. The first-order chi connectivity index (χ1) is 13.3. The highest BCUT2D eigenvalue weighted by atomic mass is 32.1. The molecule has 1 saturated heterocycles. The molecule has 1 N–H and O–H groups in total. The zero-order valence-electron chi connectivity index (χ0n) is 15.0. The van der Waals surface area contributed by atoms with Crippen molar-refractivity contribution in [3.05, 3.63) is 77.3 Å². The monoisotopic (exact) mass is 378 g/mol. The molecule has 0 radical (unpaired) electrons. The van der Waals surface area contributed by atoms with Gasteiger partial charge in [0, 0.05) is 30.0 Å². The standard InChI is InChI=1S/C22H22N2O2S/c25-21(19-15-27-22(24-19)17-10-5-2-6-11-17)23-14-18-12-7-13-26-20(18)16-8-3-1-4-9-16/h1-6,8-11,15,18,20H,7,12-14H2,(H,23,25)/t18-,20+/m1/s1. The van der Waals surface area contributed by atoms with Crippen LogP contribution in [0.3, 0.4) is 0 Å². The number of amides is 1. The summed E-state index contributed by atoms with van der Waals surface area (Å²) in [5, 5.41) is 5.75. The van der Waals surface area contributed by atoms with Crippen LogP contribution in [-0.2, 0) is 4.74 Å². The van der Waals surface area contributed by atoms with Gasteiger partial charge in [-0.25, -0.2) is 4.98 Å². The molecule has 0 spiro atoms. The van der Waals surface area contributed by atoms with E-state index in [1.165, 1.54) is 16.9 Å². The van der Waals surface area contributed by atoms with Gasteiger partial charge in [0.15, 0.2) is 0 Å². The highest BCUT2D eigenvalue weighted by molar-refractivity contribution is 7.13. The summed E-state index contributed by atoms with van der Waals surface area (Å²) in [5.74, 6) is 0.156. The molecule has 0 saturated carbocycles. The van der Waals surface area contributed by atoms with E-state index in [9.17, 15) is 4.79 Å². The third kappa shape index (κ3) is 4.26. The van der Waals surface area contributed by atoms with E-state index in [1.807, 2.05) is 53.9 Å². The summed E-state index contributed by atoms with van der Waals surface area (Å²) in [7, 11) is 0. The number of carbonyl (C=O) groups is 1. The van der Waals surface area contributed by atoms with Crippen molar-refractivity contribution in [2.45, 2.75) is 18.9 Å². The van der Waals surface area contributed by atoms with Crippen LogP contribution in [0.25, 0.3) is 10.6 Å². The van der Waals surface area contributed by atoms with Crippen LogP contribution in [0.4, 0.5) is 0 Å². The number of hydrogen-bond acceptors (Lipinski definition) is 4. The van der Waals surface area contributed by atoms with Crippen LogP contribution < -0.4 is 5.32 Å². The van der Waals surface area contributed by atoms with Gasteiger partial charge < -0.3 is 10.1 Å². The molecule has 4 nitrogen and oxygen atoms in total. The second kappa shape index (κ2) is 8.46. The lowest BCUT2D eigenvalue weighted by molar-refractivity contribution is -0.0272. The van der Waals surface area contributed by atoms with Gasteiger partial charge in [-0.1, -0.05) is 60.7 Å². The molecular weight excluding hydrogens is 356 g/mol. The van der Waals surface area contributed by atoms with Gasteiger partial charge in [-0.2, -0.15) is 0 Å². The normalized spacial score (nSPS) is 19.6. The Kier molecular flexibility index (Phi) is 5.61. The predicted octanol–water partition coefficient (Wildman–Crippen LogP) is 4.71. The van der Waals surface area contributed by atoms with Gasteiger partial charge in [0.25, 0.3) is 5.91 Å². The van der Waals surface area contributed by atoms with Gasteiger partial charge in [-0.15, -0.1) is 11.3 Å². The summed E-state index contributed by atoms with van der Waals surface area (Å²) in [4.78, 5) is 17.1. The number of thiazole rings is 1. The minimum absolute atomic E-state index is 0.0376. The Bertz CT molecular complexity index is 880. The molecule has 0 unspecified atom stereocenters. The number of nitrogens with one attached hydrogen (secondary N) is 1. The van der Waals surface area contributed by atoms with E-state index in [0.29, 0.717) is 12.2 Å². The minimum Gasteiger partial charge on any atom is -0.373 e. The molecule has 2 aromatic carbocycles. The molecule has 5 heteroatoms. The molecule has 27 heavy (non-hydrogen) atoms. The fourth-order valence-corrected chi connectivity index (χ4v) is 4.28. The molecular formula is C22H22N2O2S. The number of benzene rings is 2. The van der Waals surface area contributed by atoms with Crippen molar-refractivity contribution in [1.82, 2.24) is 10.3 Å². The quantitative estimate of drug-likeness (QED) is 0.700. The molecule has 3 aromatic rings. The van der Waals surface area contributed by atoms with E-state index >= 15 is 0 Å². The number of carbonyl (C=O) groups excluding carboxylic acids is 1. The van der Waals surface area contributed by atoms with Crippen LogP contribution in [0.2, 0.25) is 0 Å². The average molecular weight is 378 g/mol. The van der Waals surface area contributed by atoms with Crippen LogP contribution in [-0.4, -0.2) is 24.0 Å². The summed E-state index contributed by atoms with van der Waals surface area (Å²) in [5.41, 5.74) is 2.69. The van der Waals surface area contributed by atoms with Crippen LogP contribution in [0, 0.1) is 5.92 Å². The second-order valence-electron chi connectivity index (χ2n) is 6.72. The van der Waals surface area contributed by atoms with E-state index < -0.39 is 0 Å². The lowest BCUT2D eigenvalue weighted by Gasteiger charge is -2.32. The Morgan fingerprint density at radius 3 is 2.63 bits per heavy atom. The third-order valence-electron chi connectivity index (χ3n) is 4.86. The van der Waals surface area contributed by atoms with E-state index in [0.717, 1.165) is 30.0 Å². The molecule has 2 heterocycles. The Morgan fingerprint density at radius 2 is 1.85 bits per heavy atom. The molecule has 1 fully saturated rings. The summed E-state index contributed by atoms with van der Waals surface area (Å²) >= 11 is 1.49. The lowest BCUT2D eigenvalue weighted by Crippen LogP contribution is -2.35. The topological polar surface area (TPSA) is 51.2 Å². The fraction of sp³-hybridized carbons (Fsp3) is 0.273. The minimum atomic E-state index is -0.120. The summed E-state index contributed by atoms with van der Waals surface area (Å²) in [6.07, 6.45) is 2.11. The fourth-order valence-electron chi connectivity index (χ4n) is 3.47. The molecule has 1 amide bonds. The number of hydrogen-bond donors (Lipinski definition) is 1. The van der Waals surface area contributed by atoms with Gasteiger partial charge in [-0.3, -0.25) is 4.79 Å². The van der Waals surface area contributed by atoms with Crippen molar-refractivity contribution in [3.8, 4) is 10.6 Å². The highest BCUT2D eigenvalue weighted by Gasteiger charge is 2.28. The Balaban J connectivity index is 1.40. The van der Waals surface area contributed by atoms with Gasteiger partial charge in [0.1, 0.15) is 10.7 Å². The second-order valence-corrected chi connectivity index (χ2v) is 7.58. The first kappa shape index (κ1) is 17.9. The summed E-state index contributed by atoms with van der Waals surface area (Å²) in [6.45, 7) is 1.37. The Hall–Kier alpha value is -2.50. The molecule has 2 atom stereocenters. The van der Waals surface area contributed by atoms with E-state index in [1.54, 1.807) is 0 Å². The molecule has 0 bridgehead atoms. The van der Waals surface area contributed by atoms with Crippen molar-refractivity contribution < 1.29 is 9.53 Å². The molecule has 1 aliphatic rings. The molecule has 1 aromatic heterocycles. The smallest absolute Gasteiger partial charge is 0.270 e. The van der Waals surface area contributed by atoms with Crippen LogP contribution >= 0.6 is 11.3 Å². The number of aromatic nitrogens is 1.